The van der Waals surface area contributed by atoms with Crippen LogP contribution in [0.3, 0.4) is 0 Å². The molecular formula is C18H24FN3O2S. The second-order valence-electron chi connectivity index (χ2n) is 6.84. The Morgan fingerprint density at radius 1 is 1.32 bits per heavy atom. The van der Waals surface area contributed by atoms with Crippen LogP contribution in [-0.2, 0) is 9.84 Å². The van der Waals surface area contributed by atoms with Crippen LogP contribution in [0.1, 0.15) is 18.5 Å². The first-order valence-electron chi connectivity index (χ1n) is 8.54. The number of rotatable bonds is 5. The molecule has 1 fully saturated rings. The van der Waals surface area contributed by atoms with Gasteiger partial charge in [0.05, 0.1) is 5.75 Å². The molecule has 0 atom stereocenters. The zero-order valence-corrected chi connectivity index (χ0v) is 15.4. The van der Waals surface area contributed by atoms with Gasteiger partial charge in [-0.25, -0.2) is 17.8 Å². The summed E-state index contributed by atoms with van der Waals surface area (Å²) in [6.07, 6.45) is 3.14. The van der Waals surface area contributed by atoms with Crippen molar-refractivity contribution in [2.75, 3.05) is 37.0 Å². The minimum absolute atomic E-state index is 0.207. The number of para-hydroxylation sites is 1. The predicted octanol–water partition coefficient (Wildman–Crippen LogP) is 2.60. The van der Waals surface area contributed by atoms with Gasteiger partial charge in [-0.2, -0.15) is 0 Å². The number of halogens is 1. The quantitative estimate of drug-likeness (QED) is 0.882. The zero-order valence-electron chi connectivity index (χ0n) is 14.6. The Bertz CT molecular complexity index is 862. The Morgan fingerprint density at radius 2 is 2.04 bits per heavy atom. The van der Waals surface area contributed by atoms with Gasteiger partial charge in [-0.1, -0.05) is 12.1 Å². The van der Waals surface area contributed by atoms with Crippen molar-refractivity contribution in [1.82, 2.24) is 9.88 Å². The number of sulfone groups is 1. The molecule has 1 aromatic heterocycles. The molecule has 0 spiro atoms. The number of hydrogen-bond donors (Lipinski definition) is 1. The molecule has 25 heavy (non-hydrogen) atoms. The summed E-state index contributed by atoms with van der Waals surface area (Å²) in [6, 6.07) is 7.27. The number of piperidine rings is 1. The van der Waals surface area contributed by atoms with Gasteiger partial charge in [0, 0.05) is 48.7 Å². The molecule has 7 heteroatoms. The average Bonchev–Trinajstić information content (AvgIpc) is 2.54. The summed E-state index contributed by atoms with van der Waals surface area (Å²) >= 11 is 0. The summed E-state index contributed by atoms with van der Waals surface area (Å²) in [4.78, 5) is 6.50. The number of hydrogen-bond acceptors (Lipinski definition) is 5. The highest BCUT2D eigenvalue weighted by molar-refractivity contribution is 7.90. The fraction of sp³-hybridized carbons (Fsp3) is 0.500. The lowest BCUT2D eigenvalue weighted by molar-refractivity contribution is 0.230. The summed E-state index contributed by atoms with van der Waals surface area (Å²) < 4.78 is 36.6. The maximum Gasteiger partial charge on any atom is 0.149 e. The van der Waals surface area contributed by atoms with Crippen LogP contribution < -0.4 is 5.32 Å². The van der Waals surface area contributed by atoms with E-state index in [9.17, 15) is 12.8 Å². The molecule has 1 N–H and O–H groups in total. The highest BCUT2D eigenvalue weighted by Gasteiger charge is 2.21. The van der Waals surface area contributed by atoms with Crippen LogP contribution in [0.5, 0.6) is 0 Å². The molecule has 0 saturated carbocycles. The van der Waals surface area contributed by atoms with E-state index in [1.165, 1.54) is 12.3 Å². The molecule has 0 amide bonds. The van der Waals surface area contributed by atoms with Gasteiger partial charge in [-0.15, -0.1) is 0 Å². The Hall–Kier alpha value is -1.73. The third-order valence-corrected chi connectivity index (χ3v) is 5.57. The van der Waals surface area contributed by atoms with Crippen LogP contribution in [0.4, 0.5) is 10.1 Å². The van der Waals surface area contributed by atoms with Gasteiger partial charge in [0.15, 0.2) is 0 Å². The largest absolute Gasteiger partial charge is 0.382 e. The number of fused-ring (bicyclic) bond motifs is 1. The Kier molecular flexibility index (Phi) is 5.24. The van der Waals surface area contributed by atoms with Crippen molar-refractivity contribution in [3.8, 4) is 0 Å². The first-order valence-corrected chi connectivity index (χ1v) is 10.6. The summed E-state index contributed by atoms with van der Waals surface area (Å²) in [5.74, 6) is -0.0988. The topological polar surface area (TPSA) is 62.3 Å². The second-order valence-corrected chi connectivity index (χ2v) is 9.10. The molecular weight excluding hydrogens is 341 g/mol. The van der Waals surface area contributed by atoms with E-state index in [0.717, 1.165) is 42.7 Å². The number of pyridine rings is 1. The van der Waals surface area contributed by atoms with Crippen LogP contribution in [0.2, 0.25) is 0 Å². The highest BCUT2D eigenvalue weighted by Crippen LogP contribution is 2.27. The van der Waals surface area contributed by atoms with Crippen LogP contribution in [-0.4, -0.2) is 56.0 Å². The predicted molar refractivity (Wildman–Crippen MR) is 99.2 cm³/mol. The second kappa shape index (κ2) is 7.25. The molecule has 0 unspecified atom stereocenters. The van der Waals surface area contributed by atoms with Gasteiger partial charge in [-0.3, -0.25) is 0 Å². The van der Waals surface area contributed by atoms with Crippen LogP contribution in [0.15, 0.2) is 24.3 Å². The monoisotopic (exact) mass is 365 g/mol. The molecule has 0 radical (unpaired) electrons. The first kappa shape index (κ1) is 18.1. The average molecular weight is 365 g/mol. The van der Waals surface area contributed by atoms with E-state index in [2.05, 4.69) is 15.2 Å². The van der Waals surface area contributed by atoms with Gasteiger partial charge >= 0.3 is 0 Å². The molecule has 136 valence electrons. The number of nitrogens with one attached hydrogen (secondary N) is 1. The molecule has 0 bridgehead atoms. The number of anilines is 1. The smallest absolute Gasteiger partial charge is 0.149 e. The van der Waals surface area contributed by atoms with Crippen LogP contribution in [0.25, 0.3) is 10.9 Å². The van der Waals surface area contributed by atoms with Crippen molar-refractivity contribution in [3.05, 3.63) is 35.8 Å². The fourth-order valence-electron chi connectivity index (χ4n) is 3.28. The van der Waals surface area contributed by atoms with E-state index in [-0.39, 0.29) is 11.6 Å². The molecule has 3 rings (SSSR count). The number of aryl methyl sites for hydroxylation is 1. The molecule has 0 aliphatic carbocycles. The Balaban J connectivity index is 1.67. The minimum atomic E-state index is -2.92. The number of aromatic nitrogens is 1. The van der Waals surface area contributed by atoms with Gasteiger partial charge in [0.1, 0.15) is 21.2 Å². The normalized spacial score (nSPS) is 17.1. The van der Waals surface area contributed by atoms with Crippen LogP contribution in [0, 0.1) is 12.7 Å². The molecule has 5 nitrogen and oxygen atoms in total. The first-order chi connectivity index (χ1) is 11.8. The third-order valence-electron chi connectivity index (χ3n) is 4.64. The van der Waals surface area contributed by atoms with E-state index in [0.29, 0.717) is 18.1 Å². The summed E-state index contributed by atoms with van der Waals surface area (Å²) in [5, 5.41) is 4.33. The molecule has 2 heterocycles. The molecule has 2 aromatic rings. The van der Waals surface area contributed by atoms with E-state index in [1.807, 2.05) is 19.1 Å². The lowest BCUT2D eigenvalue weighted by atomic mass is 10.0. The number of benzene rings is 1. The fourth-order valence-corrected chi connectivity index (χ4v) is 3.87. The lowest BCUT2D eigenvalue weighted by Crippen LogP contribution is -2.41. The minimum Gasteiger partial charge on any atom is -0.382 e. The van der Waals surface area contributed by atoms with Crippen molar-refractivity contribution in [1.29, 1.82) is 0 Å². The molecule has 1 saturated heterocycles. The molecule has 1 aliphatic rings. The van der Waals surface area contributed by atoms with Crippen molar-refractivity contribution in [2.45, 2.75) is 25.8 Å². The Morgan fingerprint density at radius 3 is 2.72 bits per heavy atom. The van der Waals surface area contributed by atoms with Gasteiger partial charge in [0.25, 0.3) is 0 Å². The lowest BCUT2D eigenvalue weighted by Gasteiger charge is -2.33. The van der Waals surface area contributed by atoms with Crippen molar-refractivity contribution in [2.24, 2.45) is 0 Å². The van der Waals surface area contributed by atoms with Gasteiger partial charge in [-0.05, 0) is 31.9 Å². The molecule has 1 aliphatic heterocycles. The molecule has 1 aromatic carbocycles. The maximum absolute atomic E-state index is 14.0. The van der Waals surface area contributed by atoms with Crippen molar-refractivity contribution in [3.63, 3.8) is 0 Å². The zero-order chi connectivity index (χ0) is 18.0. The van der Waals surface area contributed by atoms with Crippen LogP contribution >= 0.6 is 0 Å². The van der Waals surface area contributed by atoms with Gasteiger partial charge in [0.2, 0.25) is 0 Å². The summed E-state index contributed by atoms with van der Waals surface area (Å²) in [5.41, 5.74) is 2.10. The van der Waals surface area contributed by atoms with Gasteiger partial charge < -0.3 is 10.2 Å². The third kappa shape index (κ3) is 4.67. The van der Waals surface area contributed by atoms with E-state index >= 15 is 0 Å². The van der Waals surface area contributed by atoms with E-state index in [4.69, 9.17) is 0 Å². The maximum atomic E-state index is 14.0. The summed E-state index contributed by atoms with van der Waals surface area (Å²) in [7, 11) is -2.92. The van der Waals surface area contributed by atoms with Crippen molar-refractivity contribution < 1.29 is 12.8 Å². The van der Waals surface area contributed by atoms with E-state index in [1.54, 1.807) is 6.07 Å². The number of likely N-dealkylation sites (tertiary alicyclic amines) is 1. The SMILES string of the molecule is Cc1cc(NC2CCN(CCS(C)(=O)=O)CC2)c2cccc(F)c2n1. The Labute approximate surface area is 148 Å². The standard InChI is InChI=1S/C18H24FN3O2S/c1-13-12-17(15-4-3-5-16(19)18(15)20-13)21-14-6-8-22(9-7-14)10-11-25(2,23)24/h3-5,12,14H,6-11H2,1-2H3,(H,20,21). The number of nitrogens with zero attached hydrogens (tertiary/aromatic N) is 2. The van der Waals surface area contributed by atoms with E-state index < -0.39 is 9.84 Å². The summed E-state index contributed by atoms with van der Waals surface area (Å²) in [6.45, 7) is 4.19. The van der Waals surface area contributed by atoms with Crippen molar-refractivity contribution >= 4 is 26.4 Å². The highest BCUT2D eigenvalue weighted by atomic mass is 32.2.